The number of carbonyl (C=O) groups excluding carboxylic acids is 2. The van der Waals surface area contributed by atoms with Crippen LogP contribution in [0.2, 0.25) is 0 Å². The van der Waals surface area contributed by atoms with Crippen molar-refractivity contribution in [3.8, 4) is 0 Å². The standard InChI is InChI=1S/C18H14O4/c19-17-13-14(16(22-17)12-9-5-2-6-10-12)18(20)21-15(13)11-7-3-1-4-8-11/h1-10,13-16H/t13-,14-,15?,16?/m1/s1. The molecule has 2 aliphatic heterocycles. The third-order valence-electron chi connectivity index (χ3n) is 4.33. The van der Waals surface area contributed by atoms with Gasteiger partial charge in [0.15, 0.2) is 0 Å². The zero-order valence-corrected chi connectivity index (χ0v) is 11.7. The summed E-state index contributed by atoms with van der Waals surface area (Å²) in [7, 11) is 0. The highest BCUT2D eigenvalue weighted by molar-refractivity contribution is 5.89. The number of benzene rings is 2. The van der Waals surface area contributed by atoms with Gasteiger partial charge in [-0.3, -0.25) is 9.59 Å². The summed E-state index contributed by atoms with van der Waals surface area (Å²) in [5.41, 5.74) is 1.66. The van der Waals surface area contributed by atoms with E-state index in [1.807, 2.05) is 60.7 Å². The molecule has 0 radical (unpaired) electrons. The average Bonchev–Trinajstić information content (AvgIpc) is 3.09. The minimum atomic E-state index is -0.569. The maximum Gasteiger partial charge on any atom is 0.314 e. The molecule has 2 fully saturated rings. The number of hydrogen-bond acceptors (Lipinski definition) is 4. The van der Waals surface area contributed by atoms with E-state index in [2.05, 4.69) is 0 Å². The molecule has 0 aliphatic carbocycles. The lowest BCUT2D eigenvalue weighted by Crippen LogP contribution is -2.19. The Hall–Kier alpha value is -2.62. The van der Waals surface area contributed by atoms with Crippen molar-refractivity contribution in [3.63, 3.8) is 0 Å². The first-order chi connectivity index (χ1) is 10.8. The van der Waals surface area contributed by atoms with Crippen LogP contribution in [0.1, 0.15) is 23.3 Å². The molecule has 0 aromatic heterocycles. The van der Waals surface area contributed by atoms with Crippen molar-refractivity contribution in [1.82, 2.24) is 0 Å². The minimum absolute atomic E-state index is 0.362. The summed E-state index contributed by atoms with van der Waals surface area (Å²) in [4.78, 5) is 24.6. The monoisotopic (exact) mass is 294 g/mol. The van der Waals surface area contributed by atoms with Crippen LogP contribution in [-0.2, 0) is 19.1 Å². The van der Waals surface area contributed by atoms with Gasteiger partial charge in [0, 0.05) is 0 Å². The van der Waals surface area contributed by atoms with Crippen LogP contribution in [0.15, 0.2) is 60.7 Å². The predicted molar refractivity (Wildman–Crippen MR) is 77.5 cm³/mol. The Kier molecular flexibility index (Phi) is 2.96. The minimum Gasteiger partial charge on any atom is -0.456 e. The number of hydrogen-bond donors (Lipinski definition) is 0. The molecule has 2 aromatic rings. The summed E-state index contributed by atoms with van der Waals surface area (Å²) in [5, 5.41) is 0. The molecule has 0 N–H and O–H groups in total. The molecule has 4 nitrogen and oxygen atoms in total. The highest BCUT2D eigenvalue weighted by Gasteiger charge is 2.59. The van der Waals surface area contributed by atoms with Gasteiger partial charge in [-0.25, -0.2) is 0 Å². The SMILES string of the molecule is O=C1OC(c2ccccc2)[C@@H]2C(=O)OC(c3ccccc3)[C@H]12. The molecule has 2 aliphatic rings. The van der Waals surface area contributed by atoms with Crippen molar-refractivity contribution in [1.29, 1.82) is 0 Å². The summed E-state index contributed by atoms with van der Waals surface area (Å²) in [6, 6.07) is 18.7. The van der Waals surface area contributed by atoms with Crippen LogP contribution in [0.4, 0.5) is 0 Å². The van der Waals surface area contributed by atoms with Gasteiger partial charge in [-0.2, -0.15) is 0 Å². The van der Waals surface area contributed by atoms with E-state index in [0.29, 0.717) is 0 Å². The van der Waals surface area contributed by atoms with Gasteiger partial charge in [0.25, 0.3) is 0 Å². The predicted octanol–water partition coefficient (Wildman–Crippen LogP) is 2.82. The molecule has 110 valence electrons. The molecular weight excluding hydrogens is 280 g/mol. The molecule has 2 unspecified atom stereocenters. The number of carbonyl (C=O) groups is 2. The number of cyclic esters (lactones) is 2. The first kappa shape index (κ1) is 13.1. The lowest BCUT2D eigenvalue weighted by Gasteiger charge is -2.14. The normalized spacial score (nSPS) is 29.8. The first-order valence-corrected chi connectivity index (χ1v) is 7.26. The molecule has 0 amide bonds. The summed E-state index contributed by atoms with van der Waals surface area (Å²) in [6.07, 6.45) is -1.11. The van der Waals surface area contributed by atoms with Crippen LogP contribution in [0.5, 0.6) is 0 Å². The molecule has 0 saturated carbocycles. The van der Waals surface area contributed by atoms with Gasteiger partial charge in [0.1, 0.15) is 24.0 Å². The van der Waals surface area contributed by atoms with Crippen LogP contribution >= 0.6 is 0 Å². The number of fused-ring (bicyclic) bond motifs is 1. The number of esters is 2. The molecule has 2 heterocycles. The molecule has 2 aromatic carbocycles. The van der Waals surface area contributed by atoms with Gasteiger partial charge >= 0.3 is 11.9 Å². The lowest BCUT2D eigenvalue weighted by atomic mass is 9.84. The third kappa shape index (κ3) is 1.91. The summed E-state index contributed by atoms with van der Waals surface area (Å²) < 4.78 is 11.0. The smallest absolute Gasteiger partial charge is 0.314 e. The van der Waals surface area contributed by atoms with Crippen molar-refractivity contribution in [2.24, 2.45) is 11.8 Å². The zero-order chi connectivity index (χ0) is 15.1. The largest absolute Gasteiger partial charge is 0.456 e. The average molecular weight is 294 g/mol. The van der Waals surface area contributed by atoms with Gasteiger partial charge in [0.05, 0.1) is 0 Å². The molecule has 4 atom stereocenters. The van der Waals surface area contributed by atoms with E-state index in [1.165, 1.54) is 0 Å². The Labute approximate surface area is 127 Å². The van der Waals surface area contributed by atoms with Gasteiger partial charge in [0.2, 0.25) is 0 Å². The maximum absolute atomic E-state index is 12.3. The van der Waals surface area contributed by atoms with E-state index < -0.39 is 24.0 Å². The number of rotatable bonds is 2. The lowest BCUT2D eigenvalue weighted by molar-refractivity contribution is -0.154. The van der Waals surface area contributed by atoms with E-state index in [4.69, 9.17) is 9.47 Å². The molecule has 0 spiro atoms. The molecule has 0 bridgehead atoms. The van der Waals surface area contributed by atoms with E-state index in [9.17, 15) is 9.59 Å². The molecule has 22 heavy (non-hydrogen) atoms. The van der Waals surface area contributed by atoms with Gasteiger partial charge in [-0.1, -0.05) is 60.7 Å². The van der Waals surface area contributed by atoms with Gasteiger partial charge in [-0.05, 0) is 11.1 Å². The van der Waals surface area contributed by atoms with Crippen molar-refractivity contribution >= 4 is 11.9 Å². The van der Waals surface area contributed by atoms with Crippen LogP contribution in [-0.4, -0.2) is 11.9 Å². The Balaban J connectivity index is 1.71. The highest BCUT2D eigenvalue weighted by atomic mass is 16.6. The second-order valence-corrected chi connectivity index (χ2v) is 5.59. The highest BCUT2D eigenvalue weighted by Crippen LogP contribution is 2.51. The van der Waals surface area contributed by atoms with E-state index >= 15 is 0 Å². The van der Waals surface area contributed by atoms with Crippen LogP contribution < -0.4 is 0 Å². The van der Waals surface area contributed by atoms with Crippen molar-refractivity contribution in [2.75, 3.05) is 0 Å². The summed E-state index contributed by atoms with van der Waals surface area (Å²) in [5.74, 6) is -1.86. The topological polar surface area (TPSA) is 52.6 Å². The third-order valence-corrected chi connectivity index (χ3v) is 4.33. The second-order valence-electron chi connectivity index (χ2n) is 5.59. The van der Waals surface area contributed by atoms with Crippen molar-refractivity contribution in [3.05, 3.63) is 71.8 Å². The van der Waals surface area contributed by atoms with E-state index in [1.54, 1.807) is 0 Å². The van der Waals surface area contributed by atoms with Crippen LogP contribution in [0.3, 0.4) is 0 Å². The quantitative estimate of drug-likeness (QED) is 0.799. The first-order valence-electron chi connectivity index (χ1n) is 7.26. The van der Waals surface area contributed by atoms with E-state index in [0.717, 1.165) is 11.1 Å². The van der Waals surface area contributed by atoms with E-state index in [-0.39, 0.29) is 11.9 Å². The molecule has 4 rings (SSSR count). The fraction of sp³-hybridized carbons (Fsp3) is 0.222. The fourth-order valence-corrected chi connectivity index (χ4v) is 3.31. The Bertz CT molecular complexity index is 647. The van der Waals surface area contributed by atoms with Gasteiger partial charge in [-0.15, -0.1) is 0 Å². The van der Waals surface area contributed by atoms with Crippen molar-refractivity contribution in [2.45, 2.75) is 12.2 Å². The Morgan fingerprint density at radius 1 is 0.591 bits per heavy atom. The van der Waals surface area contributed by atoms with Crippen LogP contribution in [0.25, 0.3) is 0 Å². The Morgan fingerprint density at radius 3 is 1.32 bits per heavy atom. The summed E-state index contributed by atoms with van der Waals surface area (Å²) in [6.45, 7) is 0. The number of ether oxygens (including phenoxy) is 2. The molecule has 2 saturated heterocycles. The zero-order valence-electron chi connectivity index (χ0n) is 11.7. The van der Waals surface area contributed by atoms with Gasteiger partial charge < -0.3 is 9.47 Å². The molecule has 4 heteroatoms. The second kappa shape index (κ2) is 4.98. The maximum atomic E-state index is 12.3. The Morgan fingerprint density at radius 2 is 0.955 bits per heavy atom. The van der Waals surface area contributed by atoms with Crippen LogP contribution in [0, 0.1) is 11.8 Å². The summed E-state index contributed by atoms with van der Waals surface area (Å²) >= 11 is 0. The molecular formula is C18H14O4. The fourth-order valence-electron chi connectivity index (χ4n) is 3.31. The van der Waals surface area contributed by atoms with Crippen molar-refractivity contribution < 1.29 is 19.1 Å².